The average molecular weight is 363 g/mol. The zero-order valence-corrected chi connectivity index (χ0v) is 12.0. The van der Waals surface area contributed by atoms with Crippen molar-refractivity contribution in [3.63, 3.8) is 0 Å². The molecule has 0 aliphatic rings. The van der Waals surface area contributed by atoms with Gasteiger partial charge in [-0.15, -0.1) is 0 Å². The normalized spacial score (nSPS) is 10.6. The SMILES string of the molecule is O=C(Nc1cccc2cn[nH]c12)c1cccc(I)c1. The van der Waals surface area contributed by atoms with Gasteiger partial charge in [-0.3, -0.25) is 9.89 Å². The molecule has 0 unspecified atom stereocenters. The summed E-state index contributed by atoms with van der Waals surface area (Å²) in [6.45, 7) is 0. The molecule has 2 aromatic carbocycles. The Labute approximate surface area is 123 Å². The highest BCUT2D eigenvalue weighted by Crippen LogP contribution is 2.21. The van der Waals surface area contributed by atoms with E-state index < -0.39 is 0 Å². The lowest BCUT2D eigenvalue weighted by molar-refractivity contribution is 0.102. The fraction of sp³-hybridized carbons (Fsp3) is 0. The fourth-order valence-electron chi connectivity index (χ4n) is 1.90. The molecule has 2 N–H and O–H groups in total. The Bertz CT molecular complexity index is 751. The molecule has 0 atom stereocenters. The van der Waals surface area contributed by atoms with E-state index in [-0.39, 0.29) is 5.91 Å². The molecule has 19 heavy (non-hydrogen) atoms. The first kappa shape index (κ1) is 12.2. The first-order valence-corrected chi connectivity index (χ1v) is 6.81. The molecule has 1 amide bonds. The van der Waals surface area contributed by atoms with Gasteiger partial charge >= 0.3 is 0 Å². The molecule has 0 radical (unpaired) electrons. The molecule has 0 saturated carbocycles. The highest BCUT2D eigenvalue weighted by atomic mass is 127. The molecule has 1 heterocycles. The minimum atomic E-state index is -0.124. The van der Waals surface area contributed by atoms with Crippen LogP contribution in [0.3, 0.4) is 0 Å². The number of nitrogens with zero attached hydrogens (tertiary/aromatic N) is 1. The Hall–Kier alpha value is -1.89. The molecule has 1 aromatic heterocycles. The van der Waals surface area contributed by atoms with Crippen LogP contribution >= 0.6 is 22.6 Å². The predicted molar refractivity (Wildman–Crippen MR) is 83.2 cm³/mol. The van der Waals surface area contributed by atoms with Crippen molar-refractivity contribution in [1.82, 2.24) is 10.2 Å². The lowest BCUT2D eigenvalue weighted by atomic mass is 10.2. The third-order valence-corrected chi connectivity index (χ3v) is 3.48. The van der Waals surface area contributed by atoms with Crippen LogP contribution in [0.4, 0.5) is 5.69 Å². The van der Waals surface area contributed by atoms with Gasteiger partial charge in [0.2, 0.25) is 0 Å². The Morgan fingerprint density at radius 3 is 2.89 bits per heavy atom. The Balaban J connectivity index is 1.93. The molecule has 0 aliphatic heterocycles. The number of aromatic amines is 1. The first-order valence-electron chi connectivity index (χ1n) is 5.73. The van der Waals surface area contributed by atoms with E-state index in [4.69, 9.17) is 0 Å². The van der Waals surface area contributed by atoms with Crippen LogP contribution in [-0.4, -0.2) is 16.1 Å². The van der Waals surface area contributed by atoms with Crippen LogP contribution in [0.5, 0.6) is 0 Å². The number of rotatable bonds is 2. The van der Waals surface area contributed by atoms with Gasteiger partial charge in [-0.1, -0.05) is 18.2 Å². The van der Waals surface area contributed by atoms with E-state index in [2.05, 4.69) is 38.1 Å². The Kier molecular flexibility index (Phi) is 3.20. The lowest BCUT2D eigenvalue weighted by Crippen LogP contribution is -2.12. The van der Waals surface area contributed by atoms with Gasteiger partial charge in [0.25, 0.3) is 5.91 Å². The maximum absolute atomic E-state index is 12.2. The van der Waals surface area contributed by atoms with Crippen molar-refractivity contribution in [3.05, 3.63) is 57.8 Å². The second-order valence-corrected chi connectivity index (χ2v) is 5.35. The van der Waals surface area contributed by atoms with Crippen LogP contribution in [0.25, 0.3) is 10.9 Å². The van der Waals surface area contributed by atoms with E-state index >= 15 is 0 Å². The molecule has 3 aromatic rings. The molecule has 3 rings (SSSR count). The number of hydrogen-bond acceptors (Lipinski definition) is 2. The third kappa shape index (κ3) is 2.46. The number of H-pyrrole nitrogens is 1. The molecule has 0 spiro atoms. The van der Waals surface area contributed by atoms with E-state index in [9.17, 15) is 4.79 Å². The van der Waals surface area contributed by atoms with Gasteiger partial charge in [-0.25, -0.2) is 0 Å². The summed E-state index contributed by atoms with van der Waals surface area (Å²) < 4.78 is 1.03. The summed E-state index contributed by atoms with van der Waals surface area (Å²) in [5, 5.41) is 10.7. The molecule has 94 valence electrons. The average Bonchev–Trinajstić information content (AvgIpc) is 2.88. The quantitative estimate of drug-likeness (QED) is 0.686. The van der Waals surface area contributed by atoms with Crippen molar-refractivity contribution in [2.75, 3.05) is 5.32 Å². The summed E-state index contributed by atoms with van der Waals surface area (Å²) in [4.78, 5) is 12.2. The maximum atomic E-state index is 12.2. The number of carbonyl (C=O) groups excluding carboxylic acids is 1. The molecular formula is C14H10IN3O. The van der Waals surface area contributed by atoms with E-state index in [1.54, 1.807) is 12.3 Å². The summed E-state index contributed by atoms with van der Waals surface area (Å²) in [6.07, 6.45) is 1.73. The zero-order valence-electron chi connectivity index (χ0n) is 9.85. The predicted octanol–water partition coefficient (Wildman–Crippen LogP) is 3.42. The first-order chi connectivity index (χ1) is 9.24. The standard InChI is InChI=1S/C14H10IN3O/c15-11-5-1-3-9(7-11)14(19)17-12-6-2-4-10-8-16-18-13(10)12/h1-8H,(H,16,18)(H,17,19). The van der Waals surface area contributed by atoms with Gasteiger partial charge in [-0.05, 0) is 46.9 Å². The second-order valence-electron chi connectivity index (χ2n) is 4.10. The minimum Gasteiger partial charge on any atom is -0.320 e. The number of para-hydroxylation sites is 1. The fourth-order valence-corrected chi connectivity index (χ4v) is 2.44. The summed E-state index contributed by atoms with van der Waals surface area (Å²) in [5.74, 6) is -0.124. The maximum Gasteiger partial charge on any atom is 0.255 e. The van der Waals surface area contributed by atoms with Crippen molar-refractivity contribution in [2.24, 2.45) is 0 Å². The molecule has 0 aliphatic carbocycles. The number of halogens is 1. The third-order valence-electron chi connectivity index (χ3n) is 2.81. The smallest absolute Gasteiger partial charge is 0.255 e. The largest absolute Gasteiger partial charge is 0.320 e. The van der Waals surface area contributed by atoms with E-state index in [1.165, 1.54) is 0 Å². The molecule has 4 nitrogen and oxygen atoms in total. The van der Waals surface area contributed by atoms with Crippen LogP contribution < -0.4 is 5.32 Å². The number of anilines is 1. The number of nitrogens with one attached hydrogen (secondary N) is 2. The lowest BCUT2D eigenvalue weighted by Gasteiger charge is -2.06. The van der Waals surface area contributed by atoms with Crippen molar-refractivity contribution in [2.45, 2.75) is 0 Å². The molecule has 0 saturated heterocycles. The topological polar surface area (TPSA) is 57.8 Å². The van der Waals surface area contributed by atoms with Crippen LogP contribution in [0.15, 0.2) is 48.7 Å². The molecular weight excluding hydrogens is 353 g/mol. The van der Waals surface area contributed by atoms with Crippen LogP contribution in [0, 0.1) is 3.57 Å². The van der Waals surface area contributed by atoms with Crippen molar-refractivity contribution >= 4 is 45.1 Å². The van der Waals surface area contributed by atoms with Crippen molar-refractivity contribution < 1.29 is 4.79 Å². The minimum absolute atomic E-state index is 0.124. The highest BCUT2D eigenvalue weighted by molar-refractivity contribution is 14.1. The monoisotopic (exact) mass is 363 g/mol. The van der Waals surface area contributed by atoms with Gasteiger partial charge in [0.1, 0.15) is 0 Å². The summed E-state index contributed by atoms with van der Waals surface area (Å²) >= 11 is 2.19. The molecule has 0 bridgehead atoms. The number of benzene rings is 2. The van der Waals surface area contributed by atoms with Gasteiger partial charge < -0.3 is 5.32 Å². The van der Waals surface area contributed by atoms with Gasteiger partial charge in [0.15, 0.2) is 0 Å². The summed E-state index contributed by atoms with van der Waals surface area (Å²) in [7, 11) is 0. The Morgan fingerprint density at radius 1 is 1.21 bits per heavy atom. The zero-order chi connectivity index (χ0) is 13.2. The second kappa shape index (κ2) is 5.00. The van der Waals surface area contributed by atoms with E-state index in [0.29, 0.717) is 5.56 Å². The van der Waals surface area contributed by atoms with Gasteiger partial charge in [0.05, 0.1) is 17.4 Å². The summed E-state index contributed by atoms with van der Waals surface area (Å²) in [5.41, 5.74) is 2.21. The van der Waals surface area contributed by atoms with Gasteiger partial charge in [0, 0.05) is 14.5 Å². The van der Waals surface area contributed by atoms with Crippen LogP contribution in [0.1, 0.15) is 10.4 Å². The Morgan fingerprint density at radius 2 is 2.05 bits per heavy atom. The van der Waals surface area contributed by atoms with Gasteiger partial charge in [-0.2, -0.15) is 5.10 Å². The van der Waals surface area contributed by atoms with Crippen LogP contribution in [0.2, 0.25) is 0 Å². The summed E-state index contributed by atoms with van der Waals surface area (Å²) in [6, 6.07) is 13.2. The number of carbonyl (C=O) groups is 1. The van der Waals surface area contributed by atoms with Crippen molar-refractivity contribution in [3.8, 4) is 0 Å². The van der Waals surface area contributed by atoms with E-state index in [1.807, 2.05) is 36.4 Å². The van der Waals surface area contributed by atoms with Crippen molar-refractivity contribution in [1.29, 1.82) is 0 Å². The number of hydrogen-bond donors (Lipinski definition) is 2. The number of amides is 1. The van der Waals surface area contributed by atoms with E-state index in [0.717, 1.165) is 20.2 Å². The van der Waals surface area contributed by atoms with Crippen LogP contribution in [-0.2, 0) is 0 Å². The highest BCUT2D eigenvalue weighted by Gasteiger charge is 2.09. The molecule has 0 fully saturated rings. The molecule has 5 heteroatoms. The number of aromatic nitrogens is 2. The number of fused-ring (bicyclic) bond motifs is 1.